The summed E-state index contributed by atoms with van der Waals surface area (Å²) in [6.45, 7) is 8.94. The SMILES string of the molecule is Cc1nc(C)n(CCC(CO)NC(C)C)n1. The van der Waals surface area contributed by atoms with E-state index in [4.69, 9.17) is 0 Å². The number of aryl methyl sites for hydroxylation is 3. The lowest BCUT2D eigenvalue weighted by Crippen LogP contribution is -2.38. The molecule has 1 aromatic heterocycles. The van der Waals surface area contributed by atoms with E-state index in [1.54, 1.807) is 0 Å². The second-order valence-electron chi connectivity index (χ2n) is 4.42. The Bertz CT molecular complexity index is 322. The molecule has 0 amide bonds. The molecule has 0 saturated heterocycles. The highest BCUT2D eigenvalue weighted by atomic mass is 16.3. The molecule has 0 spiro atoms. The van der Waals surface area contributed by atoms with E-state index in [0.29, 0.717) is 6.04 Å². The van der Waals surface area contributed by atoms with Crippen LogP contribution in [0.15, 0.2) is 0 Å². The third-order valence-electron chi connectivity index (χ3n) is 2.44. The van der Waals surface area contributed by atoms with Gasteiger partial charge < -0.3 is 10.4 Å². The Morgan fingerprint density at radius 1 is 1.38 bits per heavy atom. The number of aromatic nitrogens is 3. The van der Waals surface area contributed by atoms with Gasteiger partial charge in [-0.2, -0.15) is 5.10 Å². The van der Waals surface area contributed by atoms with Crippen LogP contribution in [-0.2, 0) is 6.54 Å². The Balaban J connectivity index is 2.46. The molecule has 2 N–H and O–H groups in total. The maximum Gasteiger partial charge on any atom is 0.147 e. The molecule has 1 aromatic rings. The van der Waals surface area contributed by atoms with E-state index >= 15 is 0 Å². The van der Waals surface area contributed by atoms with E-state index in [2.05, 4.69) is 29.2 Å². The minimum absolute atomic E-state index is 0.129. The molecule has 0 radical (unpaired) electrons. The van der Waals surface area contributed by atoms with Crippen molar-refractivity contribution in [3.63, 3.8) is 0 Å². The van der Waals surface area contributed by atoms with Crippen LogP contribution in [0.25, 0.3) is 0 Å². The van der Waals surface area contributed by atoms with E-state index in [1.807, 2.05) is 18.5 Å². The van der Waals surface area contributed by atoms with Crippen molar-refractivity contribution >= 4 is 0 Å². The Kier molecular flexibility index (Phi) is 4.89. The Morgan fingerprint density at radius 3 is 2.50 bits per heavy atom. The number of nitrogens with one attached hydrogen (secondary N) is 1. The van der Waals surface area contributed by atoms with Crippen molar-refractivity contribution in [3.05, 3.63) is 11.6 Å². The summed E-state index contributed by atoms with van der Waals surface area (Å²) < 4.78 is 1.89. The molecule has 1 unspecified atom stereocenters. The summed E-state index contributed by atoms with van der Waals surface area (Å²) in [5.74, 6) is 1.73. The van der Waals surface area contributed by atoms with Crippen LogP contribution in [0, 0.1) is 13.8 Å². The second-order valence-corrected chi connectivity index (χ2v) is 4.42. The van der Waals surface area contributed by atoms with E-state index in [0.717, 1.165) is 24.6 Å². The fraction of sp³-hybridized carbons (Fsp3) is 0.818. The van der Waals surface area contributed by atoms with Crippen molar-refractivity contribution in [1.29, 1.82) is 0 Å². The Hall–Kier alpha value is -0.940. The van der Waals surface area contributed by atoms with Gasteiger partial charge in [-0.05, 0) is 20.3 Å². The molecule has 0 aliphatic carbocycles. The summed E-state index contributed by atoms with van der Waals surface area (Å²) in [5.41, 5.74) is 0. The summed E-state index contributed by atoms with van der Waals surface area (Å²) in [7, 11) is 0. The Labute approximate surface area is 96.9 Å². The van der Waals surface area contributed by atoms with Crippen LogP contribution in [0.5, 0.6) is 0 Å². The first-order valence-electron chi connectivity index (χ1n) is 5.78. The van der Waals surface area contributed by atoms with Crippen LogP contribution in [0.3, 0.4) is 0 Å². The minimum Gasteiger partial charge on any atom is -0.395 e. The molecule has 0 aliphatic heterocycles. The van der Waals surface area contributed by atoms with Gasteiger partial charge in [-0.1, -0.05) is 13.8 Å². The fourth-order valence-electron chi connectivity index (χ4n) is 1.75. The maximum atomic E-state index is 9.22. The standard InChI is InChI=1S/C11H22N4O/c1-8(2)12-11(7-16)5-6-15-10(4)13-9(3)14-15/h8,11-12,16H,5-7H2,1-4H3. The molecule has 1 rings (SSSR count). The zero-order chi connectivity index (χ0) is 12.1. The molecular formula is C11H22N4O. The molecule has 0 aromatic carbocycles. The van der Waals surface area contributed by atoms with Gasteiger partial charge in [0.1, 0.15) is 11.6 Å². The van der Waals surface area contributed by atoms with Gasteiger partial charge in [-0.3, -0.25) is 4.68 Å². The molecule has 0 bridgehead atoms. The van der Waals surface area contributed by atoms with Crippen molar-refractivity contribution in [2.75, 3.05) is 6.61 Å². The van der Waals surface area contributed by atoms with Gasteiger partial charge in [0, 0.05) is 18.6 Å². The van der Waals surface area contributed by atoms with Crippen molar-refractivity contribution < 1.29 is 5.11 Å². The van der Waals surface area contributed by atoms with Crippen LogP contribution in [0.1, 0.15) is 31.9 Å². The topological polar surface area (TPSA) is 63.0 Å². The van der Waals surface area contributed by atoms with Gasteiger partial charge in [0.2, 0.25) is 0 Å². The normalized spacial score (nSPS) is 13.4. The lowest BCUT2D eigenvalue weighted by Gasteiger charge is -2.18. The highest BCUT2D eigenvalue weighted by molar-refractivity contribution is 4.87. The molecular weight excluding hydrogens is 204 g/mol. The zero-order valence-corrected chi connectivity index (χ0v) is 10.6. The van der Waals surface area contributed by atoms with Crippen LogP contribution >= 0.6 is 0 Å². The molecule has 5 nitrogen and oxygen atoms in total. The molecule has 0 aliphatic rings. The van der Waals surface area contributed by atoms with Gasteiger partial charge in [0.15, 0.2) is 0 Å². The lowest BCUT2D eigenvalue weighted by atomic mass is 10.2. The second kappa shape index (κ2) is 5.96. The molecule has 16 heavy (non-hydrogen) atoms. The van der Waals surface area contributed by atoms with E-state index < -0.39 is 0 Å². The number of hydrogen-bond donors (Lipinski definition) is 2. The average Bonchev–Trinajstić information content (AvgIpc) is 2.51. The quantitative estimate of drug-likeness (QED) is 0.747. The highest BCUT2D eigenvalue weighted by Gasteiger charge is 2.10. The first-order chi connectivity index (χ1) is 7.52. The number of hydrogen-bond acceptors (Lipinski definition) is 4. The fourth-order valence-corrected chi connectivity index (χ4v) is 1.75. The first-order valence-corrected chi connectivity index (χ1v) is 5.78. The average molecular weight is 226 g/mol. The molecule has 1 heterocycles. The number of aliphatic hydroxyl groups is 1. The zero-order valence-electron chi connectivity index (χ0n) is 10.6. The third kappa shape index (κ3) is 3.90. The van der Waals surface area contributed by atoms with Crippen molar-refractivity contribution in [3.8, 4) is 0 Å². The number of aliphatic hydroxyl groups excluding tert-OH is 1. The van der Waals surface area contributed by atoms with Crippen molar-refractivity contribution in [2.45, 2.75) is 52.7 Å². The predicted octanol–water partition coefficient (Wildman–Crippen LogP) is 0.644. The maximum absolute atomic E-state index is 9.22. The number of rotatable bonds is 6. The van der Waals surface area contributed by atoms with Gasteiger partial charge in [0.25, 0.3) is 0 Å². The van der Waals surface area contributed by atoms with Crippen molar-refractivity contribution in [2.24, 2.45) is 0 Å². The van der Waals surface area contributed by atoms with Gasteiger partial charge in [0.05, 0.1) is 6.61 Å². The summed E-state index contributed by atoms with van der Waals surface area (Å²) in [6.07, 6.45) is 0.859. The lowest BCUT2D eigenvalue weighted by molar-refractivity contribution is 0.222. The smallest absolute Gasteiger partial charge is 0.147 e. The van der Waals surface area contributed by atoms with Gasteiger partial charge in [-0.25, -0.2) is 4.98 Å². The van der Waals surface area contributed by atoms with Gasteiger partial charge >= 0.3 is 0 Å². The molecule has 0 fully saturated rings. The molecule has 1 atom stereocenters. The van der Waals surface area contributed by atoms with Gasteiger partial charge in [-0.15, -0.1) is 0 Å². The van der Waals surface area contributed by atoms with Crippen molar-refractivity contribution in [1.82, 2.24) is 20.1 Å². The summed E-state index contributed by atoms with van der Waals surface area (Å²) in [5, 5.41) is 16.8. The highest BCUT2D eigenvalue weighted by Crippen LogP contribution is 2.01. The third-order valence-corrected chi connectivity index (χ3v) is 2.44. The van der Waals surface area contributed by atoms with Crippen LogP contribution in [0.4, 0.5) is 0 Å². The van der Waals surface area contributed by atoms with Crippen LogP contribution in [0.2, 0.25) is 0 Å². The van der Waals surface area contributed by atoms with E-state index in [1.165, 1.54) is 0 Å². The molecule has 0 saturated carbocycles. The minimum atomic E-state index is 0.129. The summed E-state index contributed by atoms with van der Waals surface area (Å²) in [4.78, 5) is 4.24. The monoisotopic (exact) mass is 226 g/mol. The molecule has 5 heteroatoms. The summed E-state index contributed by atoms with van der Waals surface area (Å²) in [6, 6.07) is 0.514. The van der Waals surface area contributed by atoms with E-state index in [-0.39, 0.29) is 12.6 Å². The number of nitrogens with zero attached hydrogens (tertiary/aromatic N) is 3. The Morgan fingerprint density at radius 2 is 2.06 bits per heavy atom. The first kappa shape index (κ1) is 13.1. The van der Waals surface area contributed by atoms with E-state index in [9.17, 15) is 5.11 Å². The van der Waals surface area contributed by atoms with Crippen LogP contribution < -0.4 is 5.32 Å². The largest absolute Gasteiger partial charge is 0.395 e. The van der Waals surface area contributed by atoms with Crippen LogP contribution in [-0.4, -0.2) is 38.6 Å². The predicted molar refractivity (Wildman–Crippen MR) is 63.3 cm³/mol. The summed E-state index contributed by atoms with van der Waals surface area (Å²) >= 11 is 0. The molecule has 92 valence electrons.